The third-order valence-corrected chi connectivity index (χ3v) is 4.87. The molecule has 1 fully saturated rings. The van der Waals surface area contributed by atoms with E-state index in [0.29, 0.717) is 28.6 Å². The predicted molar refractivity (Wildman–Crippen MR) is 106 cm³/mol. The van der Waals surface area contributed by atoms with Gasteiger partial charge in [-0.2, -0.15) is 0 Å². The van der Waals surface area contributed by atoms with Crippen LogP contribution in [0, 0.1) is 5.92 Å². The molecule has 2 amide bonds. The van der Waals surface area contributed by atoms with Gasteiger partial charge in [-0.15, -0.1) is 0 Å². The predicted octanol–water partition coefficient (Wildman–Crippen LogP) is 2.89. The number of primary amides is 1. The maximum absolute atomic E-state index is 11.7. The summed E-state index contributed by atoms with van der Waals surface area (Å²) in [5.74, 6) is 0.593. The van der Waals surface area contributed by atoms with Crippen LogP contribution in [-0.2, 0) is 0 Å². The zero-order valence-corrected chi connectivity index (χ0v) is 15.4. The number of aromatic nitrogens is 1. The summed E-state index contributed by atoms with van der Waals surface area (Å²) in [5.41, 5.74) is 7.93. The topological polar surface area (TPSA) is 109 Å². The van der Waals surface area contributed by atoms with Gasteiger partial charge in [-0.05, 0) is 43.0 Å². The zero-order valence-electron chi connectivity index (χ0n) is 15.4. The molecule has 1 saturated carbocycles. The lowest BCUT2D eigenvalue weighted by Gasteiger charge is -2.15. The van der Waals surface area contributed by atoms with E-state index >= 15 is 0 Å². The van der Waals surface area contributed by atoms with Crippen LogP contribution in [0.15, 0.2) is 36.5 Å². The summed E-state index contributed by atoms with van der Waals surface area (Å²) >= 11 is 0. The van der Waals surface area contributed by atoms with Gasteiger partial charge in [0.25, 0.3) is 11.8 Å². The van der Waals surface area contributed by atoms with Crippen molar-refractivity contribution in [3.63, 3.8) is 0 Å². The van der Waals surface area contributed by atoms with Gasteiger partial charge in [0.1, 0.15) is 5.82 Å². The van der Waals surface area contributed by atoms with Gasteiger partial charge < -0.3 is 21.7 Å². The number of nitrogens with zero attached hydrogens (tertiary/aromatic N) is 1. The Hall–Kier alpha value is -3.09. The van der Waals surface area contributed by atoms with E-state index in [2.05, 4.69) is 20.9 Å². The number of hydrogen-bond donors (Lipinski definition) is 4. The molecular weight excluding hydrogens is 342 g/mol. The molecule has 7 nitrogen and oxygen atoms in total. The quantitative estimate of drug-likeness (QED) is 0.602. The molecule has 1 heterocycles. The number of benzene rings is 1. The van der Waals surface area contributed by atoms with Gasteiger partial charge in [-0.1, -0.05) is 12.8 Å². The molecule has 2 aromatic rings. The molecule has 0 bridgehead atoms. The van der Waals surface area contributed by atoms with E-state index in [9.17, 15) is 9.59 Å². The molecule has 1 aromatic heterocycles. The largest absolute Gasteiger partial charge is 0.384 e. The van der Waals surface area contributed by atoms with Gasteiger partial charge in [-0.3, -0.25) is 9.59 Å². The van der Waals surface area contributed by atoms with E-state index in [1.165, 1.54) is 31.9 Å². The van der Waals surface area contributed by atoms with Crippen molar-refractivity contribution < 1.29 is 9.59 Å². The van der Waals surface area contributed by atoms with Crippen LogP contribution in [0.1, 0.15) is 46.4 Å². The molecule has 0 unspecified atom stereocenters. The molecule has 5 N–H and O–H groups in total. The second-order valence-corrected chi connectivity index (χ2v) is 6.79. The lowest BCUT2D eigenvalue weighted by Crippen LogP contribution is -2.18. The number of rotatable bonds is 7. The maximum atomic E-state index is 11.7. The van der Waals surface area contributed by atoms with Crippen LogP contribution in [0.5, 0.6) is 0 Å². The van der Waals surface area contributed by atoms with Crippen molar-refractivity contribution in [3.05, 3.63) is 47.7 Å². The Morgan fingerprint density at radius 3 is 2.52 bits per heavy atom. The number of carbonyl (C=O) groups excluding carboxylic acids is 2. The molecule has 1 aromatic carbocycles. The molecule has 7 heteroatoms. The number of amides is 2. The summed E-state index contributed by atoms with van der Waals surface area (Å²) in [6.45, 7) is 0.824. The van der Waals surface area contributed by atoms with Crippen LogP contribution in [0.2, 0.25) is 0 Å². The summed E-state index contributed by atoms with van der Waals surface area (Å²) in [6, 6.07) is 8.87. The summed E-state index contributed by atoms with van der Waals surface area (Å²) in [7, 11) is 1.60. The summed E-state index contributed by atoms with van der Waals surface area (Å²) in [5, 5.41) is 9.14. The van der Waals surface area contributed by atoms with E-state index in [1.807, 2.05) is 0 Å². The molecule has 0 aliphatic heterocycles. The first-order valence-corrected chi connectivity index (χ1v) is 9.19. The average Bonchev–Trinajstić information content (AvgIpc) is 3.20. The minimum atomic E-state index is -0.502. The van der Waals surface area contributed by atoms with Crippen molar-refractivity contribution in [2.24, 2.45) is 11.7 Å². The fourth-order valence-electron chi connectivity index (χ4n) is 3.33. The standard InChI is InChI=1S/C20H25N5O2/c1-22-20(27)14-6-8-15(9-7-14)25-18-10-17(16(12-24-18)19(21)26)23-11-13-4-2-3-5-13/h6-10,12-13H,2-5,11H2,1H3,(H2,21,26)(H,22,27)(H2,23,24,25). The maximum Gasteiger partial charge on any atom is 0.252 e. The third-order valence-electron chi connectivity index (χ3n) is 4.87. The van der Waals surface area contributed by atoms with Gasteiger partial charge >= 0.3 is 0 Å². The SMILES string of the molecule is CNC(=O)c1ccc(Nc2cc(NCC3CCCC3)c(C(N)=O)cn2)cc1. The molecule has 27 heavy (non-hydrogen) atoms. The molecule has 0 saturated heterocycles. The van der Waals surface area contributed by atoms with Gasteiger partial charge in [0.2, 0.25) is 0 Å². The Kier molecular flexibility index (Phi) is 5.90. The molecule has 1 aliphatic carbocycles. The average molecular weight is 367 g/mol. The fraction of sp³-hybridized carbons (Fsp3) is 0.350. The van der Waals surface area contributed by atoms with Crippen molar-refractivity contribution in [1.29, 1.82) is 0 Å². The first kappa shape index (κ1) is 18.7. The van der Waals surface area contributed by atoms with Crippen LogP contribution in [-0.4, -0.2) is 30.4 Å². The Morgan fingerprint density at radius 1 is 1.19 bits per heavy atom. The number of nitrogens with one attached hydrogen (secondary N) is 3. The molecule has 142 valence electrons. The second-order valence-electron chi connectivity index (χ2n) is 6.79. The van der Waals surface area contributed by atoms with Crippen LogP contribution in [0.4, 0.5) is 17.2 Å². The second kappa shape index (κ2) is 8.53. The van der Waals surface area contributed by atoms with Crippen LogP contribution in [0.3, 0.4) is 0 Å². The molecule has 0 spiro atoms. The third kappa shape index (κ3) is 4.75. The van der Waals surface area contributed by atoms with Crippen molar-refractivity contribution in [2.45, 2.75) is 25.7 Å². The first-order chi connectivity index (χ1) is 13.1. The summed E-state index contributed by atoms with van der Waals surface area (Å²) < 4.78 is 0. The van der Waals surface area contributed by atoms with Gasteiger partial charge in [-0.25, -0.2) is 4.98 Å². The van der Waals surface area contributed by atoms with Crippen LogP contribution >= 0.6 is 0 Å². The van der Waals surface area contributed by atoms with E-state index in [1.54, 1.807) is 37.4 Å². The summed E-state index contributed by atoms with van der Waals surface area (Å²) in [6.07, 6.45) is 6.45. The van der Waals surface area contributed by atoms with E-state index in [4.69, 9.17) is 5.73 Å². The minimum Gasteiger partial charge on any atom is -0.384 e. The molecule has 3 rings (SSSR count). The highest BCUT2D eigenvalue weighted by Crippen LogP contribution is 2.27. The van der Waals surface area contributed by atoms with Crippen molar-refractivity contribution >= 4 is 29.0 Å². The molecule has 1 aliphatic rings. The molecule has 0 atom stereocenters. The van der Waals surface area contributed by atoms with E-state index in [-0.39, 0.29) is 5.91 Å². The number of pyridine rings is 1. The lowest BCUT2D eigenvalue weighted by atomic mass is 10.1. The Morgan fingerprint density at radius 2 is 1.89 bits per heavy atom. The number of carbonyl (C=O) groups is 2. The van der Waals surface area contributed by atoms with Crippen molar-refractivity contribution in [3.8, 4) is 0 Å². The monoisotopic (exact) mass is 367 g/mol. The van der Waals surface area contributed by atoms with Crippen molar-refractivity contribution in [1.82, 2.24) is 10.3 Å². The van der Waals surface area contributed by atoms with E-state index < -0.39 is 5.91 Å². The molecule has 0 radical (unpaired) electrons. The number of anilines is 3. The number of hydrogen-bond acceptors (Lipinski definition) is 5. The highest BCUT2D eigenvalue weighted by molar-refractivity contribution is 5.98. The van der Waals surface area contributed by atoms with E-state index in [0.717, 1.165) is 12.2 Å². The molecular formula is C20H25N5O2. The zero-order chi connectivity index (χ0) is 19.2. The summed E-state index contributed by atoms with van der Waals surface area (Å²) in [4.78, 5) is 27.6. The minimum absolute atomic E-state index is 0.135. The highest BCUT2D eigenvalue weighted by Gasteiger charge is 2.16. The Bertz CT molecular complexity index is 814. The van der Waals surface area contributed by atoms with Gasteiger partial charge in [0, 0.05) is 37.1 Å². The van der Waals surface area contributed by atoms with Crippen molar-refractivity contribution in [2.75, 3.05) is 24.2 Å². The number of nitrogens with two attached hydrogens (primary N) is 1. The normalized spacial score (nSPS) is 14.0. The van der Waals surface area contributed by atoms with Gasteiger partial charge in [0.05, 0.1) is 11.3 Å². The van der Waals surface area contributed by atoms with Crippen LogP contribution in [0.25, 0.3) is 0 Å². The Balaban J connectivity index is 1.73. The highest BCUT2D eigenvalue weighted by atomic mass is 16.1. The lowest BCUT2D eigenvalue weighted by molar-refractivity contribution is 0.0961. The van der Waals surface area contributed by atoms with Gasteiger partial charge in [0.15, 0.2) is 0 Å². The fourth-order valence-corrected chi connectivity index (χ4v) is 3.33. The smallest absolute Gasteiger partial charge is 0.252 e. The van der Waals surface area contributed by atoms with Crippen LogP contribution < -0.4 is 21.7 Å². The Labute approximate surface area is 158 Å². The first-order valence-electron chi connectivity index (χ1n) is 9.19.